The molecule has 6 heteroatoms. The summed E-state index contributed by atoms with van der Waals surface area (Å²) in [5, 5.41) is 5.26. The van der Waals surface area contributed by atoms with Crippen molar-refractivity contribution < 1.29 is 9.13 Å². The second-order valence-electron chi connectivity index (χ2n) is 2.44. The summed E-state index contributed by atoms with van der Waals surface area (Å²) in [4.78, 5) is 10.4. The molecule has 1 rings (SSSR count). The molecule has 76 valence electrons. The molecule has 0 unspecified atom stereocenters. The van der Waals surface area contributed by atoms with Crippen LogP contribution in [0.15, 0.2) is 15.7 Å². The third kappa shape index (κ3) is 1.70. The summed E-state index contributed by atoms with van der Waals surface area (Å²) in [6, 6.07) is 1.49. The Morgan fingerprint density at radius 1 is 1.64 bits per heavy atom. The number of benzene rings is 1. The van der Waals surface area contributed by atoms with Crippen LogP contribution in [0, 0.1) is 10.7 Å². The minimum absolute atomic E-state index is 0.0913. The highest BCUT2D eigenvalue weighted by Gasteiger charge is 2.17. The number of nitroso groups, excluding NO2 is 1. The molecule has 1 aromatic rings. The SMILES string of the molecule is CNc1cc(OC)c(Br)c(F)c1N=O. The quantitative estimate of drug-likeness (QED) is 0.852. The molecule has 0 saturated heterocycles. The van der Waals surface area contributed by atoms with Gasteiger partial charge in [-0.3, -0.25) is 0 Å². The largest absolute Gasteiger partial charge is 0.495 e. The van der Waals surface area contributed by atoms with Crippen molar-refractivity contribution in [2.45, 2.75) is 0 Å². The predicted molar refractivity (Wildman–Crippen MR) is 55.7 cm³/mol. The molecule has 0 aliphatic carbocycles. The van der Waals surface area contributed by atoms with Crippen LogP contribution < -0.4 is 10.1 Å². The topological polar surface area (TPSA) is 50.7 Å². The minimum atomic E-state index is -0.733. The summed E-state index contributed by atoms with van der Waals surface area (Å²) < 4.78 is 18.4. The lowest BCUT2D eigenvalue weighted by molar-refractivity contribution is 0.408. The lowest BCUT2D eigenvalue weighted by atomic mass is 10.2. The third-order valence-electron chi connectivity index (χ3n) is 1.73. The molecular weight excluding hydrogens is 255 g/mol. The molecule has 1 N–H and O–H groups in total. The van der Waals surface area contributed by atoms with Crippen molar-refractivity contribution in [3.8, 4) is 5.75 Å². The van der Waals surface area contributed by atoms with Gasteiger partial charge in [0.2, 0.25) is 0 Å². The number of hydrogen-bond donors (Lipinski definition) is 1. The highest BCUT2D eigenvalue weighted by Crippen LogP contribution is 2.39. The average molecular weight is 263 g/mol. The van der Waals surface area contributed by atoms with Crippen molar-refractivity contribution in [1.82, 2.24) is 0 Å². The first-order valence-electron chi connectivity index (χ1n) is 3.72. The molecule has 0 atom stereocenters. The number of halogens is 2. The van der Waals surface area contributed by atoms with Gasteiger partial charge in [-0.05, 0) is 21.1 Å². The van der Waals surface area contributed by atoms with Gasteiger partial charge in [0.1, 0.15) is 5.75 Å². The van der Waals surface area contributed by atoms with Crippen LogP contribution in [0.1, 0.15) is 0 Å². The van der Waals surface area contributed by atoms with Crippen molar-refractivity contribution in [2.75, 3.05) is 19.5 Å². The Balaban J connectivity index is 3.45. The zero-order chi connectivity index (χ0) is 10.7. The predicted octanol–water partition coefficient (Wildman–Crippen LogP) is 3.04. The molecule has 1 aromatic carbocycles. The lowest BCUT2D eigenvalue weighted by Gasteiger charge is -2.09. The smallest absolute Gasteiger partial charge is 0.172 e. The second kappa shape index (κ2) is 4.36. The standard InChI is InChI=1S/C8H8BrFN2O2/c1-11-4-3-5(14-2)6(9)7(10)8(4)12-13/h3,11H,1-2H3. The number of anilines is 1. The van der Waals surface area contributed by atoms with Gasteiger partial charge in [0.05, 0.1) is 17.3 Å². The Kier molecular flexibility index (Phi) is 3.40. The monoisotopic (exact) mass is 262 g/mol. The first-order chi connectivity index (χ1) is 6.65. The molecule has 0 aliphatic rings. The first kappa shape index (κ1) is 10.9. The van der Waals surface area contributed by atoms with Crippen molar-refractivity contribution in [1.29, 1.82) is 0 Å². The average Bonchev–Trinajstić information content (AvgIpc) is 2.21. The fraction of sp³-hybridized carbons (Fsp3) is 0.250. The van der Waals surface area contributed by atoms with E-state index in [4.69, 9.17) is 4.74 Å². The highest BCUT2D eigenvalue weighted by molar-refractivity contribution is 9.10. The van der Waals surface area contributed by atoms with E-state index in [2.05, 4.69) is 26.4 Å². The fourth-order valence-electron chi connectivity index (χ4n) is 1.02. The van der Waals surface area contributed by atoms with E-state index in [-0.39, 0.29) is 15.8 Å². The van der Waals surface area contributed by atoms with Gasteiger partial charge >= 0.3 is 0 Å². The van der Waals surface area contributed by atoms with E-state index in [1.165, 1.54) is 13.2 Å². The lowest BCUT2D eigenvalue weighted by Crippen LogP contribution is -1.95. The van der Waals surface area contributed by atoms with Gasteiger partial charge < -0.3 is 10.1 Å². The molecule has 14 heavy (non-hydrogen) atoms. The van der Waals surface area contributed by atoms with E-state index in [1.54, 1.807) is 7.05 Å². The van der Waals surface area contributed by atoms with Crippen molar-refractivity contribution in [3.63, 3.8) is 0 Å². The molecule has 0 saturated carbocycles. The molecular formula is C8H8BrFN2O2. The number of nitrogens with zero attached hydrogens (tertiary/aromatic N) is 1. The number of ether oxygens (including phenoxy) is 1. The van der Waals surface area contributed by atoms with Gasteiger partial charge in [0.25, 0.3) is 0 Å². The molecule has 0 heterocycles. The van der Waals surface area contributed by atoms with E-state index >= 15 is 0 Å². The van der Waals surface area contributed by atoms with Crippen LogP contribution >= 0.6 is 15.9 Å². The normalized spacial score (nSPS) is 9.71. The summed E-state index contributed by atoms with van der Waals surface area (Å²) in [5.41, 5.74) is 0.0257. The zero-order valence-electron chi connectivity index (χ0n) is 7.60. The van der Waals surface area contributed by atoms with E-state index in [0.29, 0.717) is 5.75 Å². The molecule has 0 aliphatic heterocycles. The Hall–Kier alpha value is -1.17. The second-order valence-corrected chi connectivity index (χ2v) is 3.24. The molecule has 0 amide bonds. The molecule has 0 aromatic heterocycles. The van der Waals surface area contributed by atoms with E-state index < -0.39 is 5.82 Å². The van der Waals surface area contributed by atoms with Gasteiger partial charge in [0, 0.05) is 13.1 Å². The molecule has 4 nitrogen and oxygen atoms in total. The number of methoxy groups -OCH3 is 1. The van der Waals surface area contributed by atoms with Crippen molar-refractivity contribution >= 4 is 27.3 Å². The third-order valence-corrected chi connectivity index (χ3v) is 2.47. The van der Waals surface area contributed by atoms with Gasteiger partial charge in [-0.1, -0.05) is 0 Å². The zero-order valence-corrected chi connectivity index (χ0v) is 9.18. The Labute approximate surface area is 88.6 Å². The maximum absolute atomic E-state index is 13.4. The maximum atomic E-state index is 13.4. The van der Waals surface area contributed by atoms with Crippen LogP contribution in [-0.2, 0) is 0 Å². The summed E-state index contributed by atoms with van der Waals surface area (Å²) in [6.45, 7) is 0. The summed E-state index contributed by atoms with van der Waals surface area (Å²) in [7, 11) is 2.98. The van der Waals surface area contributed by atoms with Crippen LogP contribution in [-0.4, -0.2) is 14.2 Å². The van der Waals surface area contributed by atoms with Gasteiger partial charge in [0.15, 0.2) is 11.5 Å². The summed E-state index contributed by atoms with van der Waals surface area (Å²) in [5.74, 6) is -0.428. The Morgan fingerprint density at radius 3 is 2.71 bits per heavy atom. The summed E-state index contributed by atoms with van der Waals surface area (Å²) in [6.07, 6.45) is 0. The molecule has 0 fully saturated rings. The van der Waals surface area contributed by atoms with E-state index in [1.807, 2.05) is 0 Å². The molecule has 0 radical (unpaired) electrons. The minimum Gasteiger partial charge on any atom is -0.495 e. The van der Waals surface area contributed by atoms with Crippen LogP contribution in [0.25, 0.3) is 0 Å². The van der Waals surface area contributed by atoms with E-state index in [9.17, 15) is 9.30 Å². The number of nitrogens with one attached hydrogen (secondary N) is 1. The van der Waals surface area contributed by atoms with Gasteiger partial charge in [-0.2, -0.15) is 0 Å². The van der Waals surface area contributed by atoms with E-state index in [0.717, 1.165) is 0 Å². The van der Waals surface area contributed by atoms with Crippen LogP contribution in [0.2, 0.25) is 0 Å². The molecule has 0 bridgehead atoms. The fourth-order valence-corrected chi connectivity index (χ4v) is 1.49. The van der Waals surface area contributed by atoms with Crippen LogP contribution in [0.3, 0.4) is 0 Å². The molecule has 0 spiro atoms. The first-order valence-corrected chi connectivity index (χ1v) is 4.52. The van der Waals surface area contributed by atoms with Gasteiger partial charge in [-0.25, -0.2) is 4.39 Å². The maximum Gasteiger partial charge on any atom is 0.172 e. The summed E-state index contributed by atoms with van der Waals surface area (Å²) >= 11 is 2.97. The highest BCUT2D eigenvalue weighted by atomic mass is 79.9. The Morgan fingerprint density at radius 2 is 2.29 bits per heavy atom. The number of rotatable bonds is 3. The van der Waals surface area contributed by atoms with Gasteiger partial charge in [-0.15, -0.1) is 4.91 Å². The van der Waals surface area contributed by atoms with Crippen LogP contribution in [0.4, 0.5) is 15.8 Å². The van der Waals surface area contributed by atoms with Crippen molar-refractivity contribution in [3.05, 3.63) is 21.3 Å². The van der Waals surface area contributed by atoms with Crippen molar-refractivity contribution in [2.24, 2.45) is 5.18 Å². The van der Waals surface area contributed by atoms with Crippen LogP contribution in [0.5, 0.6) is 5.75 Å². The Bertz CT molecular complexity index is 371. The number of hydrogen-bond acceptors (Lipinski definition) is 4.